The molecule has 3 rings (SSSR count). The molecule has 3 heterocycles. The van der Waals surface area contributed by atoms with Crippen LogP contribution < -0.4 is 0 Å². The van der Waals surface area contributed by atoms with Crippen LogP contribution in [0.4, 0.5) is 13.2 Å². The number of fused-ring (bicyclic) bond motifs is 1. The lowest BCUT2D eigenvalue weighted by Crippen LogP contribution is -2.47. The SMILES string of the molecule is Cc1nc(CN2CCO[C@H]3CN(C)CC[C@H]3C2=O)cs1.O=C(O)C(F)(F)F. The number of piperidine rings is 1. The Morgan fingerprint density at radius 3 is 2.67 bits per heavy atom. The maximum atomic E-state index is 12.7. The van der Waals surface area contributed by atoms with E-state index in [4.69, 9.17) is 14.6 Å². The van der Waals surface area contributed by atoms with Gasteiger partial charge >= 0.3 is 12.1 Å². The number of carbonyl (C=O) groups excluding carboxylic acids is 1. The van der Waals surface area contributed by atoms with Crippen LogP contribution in [0.3, 0.4) is 0 Å². The molecule has 2 fully saturated rings. The second-order valence-electron chi connectivity index (χ2n) is 6.49. The molecule has 2 saturated heterocycles. The van der Waals surface area contributed by atoms with Gasteiger partial charge < -0.3 is 19.6 Å². The van der Waals surface area contributed by atoms with E-state index in [2.05, 4.69) is 16.9 Å². The van der Waals surface area contributed by atoms with Gasteiger partial charge in [0, 0.05) is 18.5 Å². The molecule has 0 unspecified atom stereocenters. The Kier molecular flexibility index (Phi) is 7.18. The molecule has 27 heavy (non-hydrogen) atoms. The van der Waals surface area contributed by atoms with Crippen molar-refractivity contribution >= 4 is 23.2 Å². The predicted molar refractivity (Wildman–Crippen MR) is 91.3 cm³/mol. The Labute approximate surface area is 158 Å². The largest absolute Gasteiger partial charge is 0.490 e. The van der Waals surface area contributed by atoms with Crippen molar-refractivity contribution in [1.82, 2.24) is 14.8 Å². The molecule has 152 valence electrons. The number of aryl methyl sites for hydroxylation is 1. The number of likely N-dealkylation sites (N-methyl/N-ethyl adjacent to an activating group) is 1. The lowest BCUT2D eigenvalue weighted by atomic mass is 9.93. The number of aliphatic carboxylic acids is 1. The van der Waals surface area contributed by atoms with Gasteiger partial charge in [-0.05, 0) is 26.9 Å². The number of hydrogen-bond donors (Lipinski definition) is 1. The molecule has 11 heteroatoms. The molecule has 1 aromatic heterocycles. The number of carboxylic acids is 1. The first-order chi connectivity index (χ1) is 12.6. The first kappa shape index (κ1) is 21.6. The van der Waals surface area contributed by atoms with Crippen molar-refractivity contribution in [1.29, 1.82) is 0 Å². The molecule has 7 nitrogen and oxygen atoms in total. The maximum absolute atomic E-state index is 12.7. The van der Waals surface area contributed by atoms with Gasteiger partial charge in [0.2, 0.25) is 5.91 Å². The van der Waals surface area contributed by atoms with Crippen molar-refractivity contribution in [3.8, 4) is 0 Å². The fourth-order valence-electron chi connectivity index (χ4n) is 3.01. The summed E-state index contributed by atoms with van der Waals surface area (Å²) in [6, 6.07) is 0. The van der Waals surface area contributed by atoms with Crippen LogP contribution in [0.1, 0.15) is 17.1 Å². The van der Waals surface area contributed by atoms with Crippen LogP contribution in [-0.2, 0) is 20.9 Å². The third kappa shape index (κ3) is 6.15. The average Bonchev–Trinajstić information content (AvgIpc) is 2.91. The van der Waals surface area contributed by atoms with Crippen molar-refractivity contribution in [2.45, 2.75) is 32.2 Å². The number of carbonyl (C=O) groups is 2. The first-order valence-electron chi connectivity index (χ1n) is 8.38. The fourth-order valence-corrected chi connectivity index (χ4v) is 3.62. The quantitative estimate of drug-likeness (QED) is 0.802. The van der Waals surface area contributed by atoms with Crippen LogP contribution in [0.5, 0.6) is 0 Å². The molecule has 2 aliphatic rings. The summed E-state index contributed by atoms with van der Waals surface area (Å²) in [7, 11) is 2.09. The highest BCUT2D eigenvalue weighted by atomic mass is 32.1. The minimum atomic E-state index is -5.08. The zero-order valence-corrected chi connectivity index (χ0v) is 15.8. The molecule has 1 N–H and O–H groups in total. The van der Waals surface area contributed by atoms with Crippen LogP contribution in [-0.4, -0.2) is 77.3 Å². The first-order valence-corrected chi connectivity index (χ1v) is 9.26. The minimum Gasteiger partial charge on any atom is -0.475 e. The number of rotatable bonds is 2. The zero-order chi connectivity index (χ0) is 20.2. The number of likely N-dealkylation sites (tertiary alicyclic amines) is 1. The molecular formula is C16H22F3N3O4S. The molecule has 1 aromatic rings. The van der Waals surface area contributed by atoms with Gasteiger partial charge in [-0.2, -0.15) is 13.2 Å². The highest BCUT2D eigenvalue weighted by molar-refractivity contribution is 7.09. The Hall–Kier alpha value is -1.72. The number of nitrogens with zero attached hydrogens (tertiary/aromatic N) is 3. The normalized spacial score (nSPS) is 23.9. The van der Waals surface area contributed by atoms with Crippen molar-refractivity contribution in [3.63, 3.8) is 0 Å². The molecule has 2 atom stereocenters. The summed E-state index contributed by atoms with van der Waals surface area (Å²) < 4.78 is 37.6. The summed E-state index contributed by atoms with van der Waals surface area (Å²) in [5.41, 5.74) is 0.993. The number of halogens is 3. The summed E-state index contributed by atoms with van der Waals surface area (Å²) in [6.45, 7) is 5.75. The molecule has 0 spiro atoms. The van der Waals surface area contributed by atoms with Crippen LogP contribution >= 0.6 is 11.3 Å². The molecule has 2 aliphatic heterocycles. The van der Waals surface area contributed by atoms with Crippen molar-refractivity contribution in [3.05, 3.63) is 16.1 Å². The maximum Gasteiger partial charge on any atom is 0.490 e. The standard InChI is InChI=1S/C14H21N3O2S.C2HF3O2/c1-10-15-11(9-20-10)7-17-5-6-19-13-8-16(2)4-3-12(13)14(17)18;3-2(4,5)1(6)7/h9,12-13H,3-8H2,1-2H3;(H,6,7)/t12-,13+;/m1./s1. The highest BCUT2D eigenvalue weighted by Gasteiger charge is 2.39. The lowest BCUT2D eigenvalue weighted by Gasteiger charge is -2.35. The van der Waals surface area contributed by atoms with Gasteiger partial charge in [0.05, 0.1) is 35.9 Å². The van der Waals surface area contributed by atoms with Gasteiger partial charge in [0.1, 0.15) is 0 Å². The van der Waals surface area contributed by atoms with E-state index in [0.29, 0.717) is 19.7 Å². The Bertz CT molecular complexity index is 668. The smallest absolute Gasteiger partial charge is 0.475 e. The highest BCUT2D eigenvalue weighted by Crippen LogP contribution is 2.25. The van der Waals surface area contributed by atoms with Gasteiger partial charge in [0.25, 0.3) is 0 Å². The lowest BCUT2D eigenvalue weighted by molar-refractivity contribution is -0.192. The zero-order valence-electron chi connectivity index (χ0n) is 15.0. The molecule has 0 bridgehead atoms. The molecular weight excluding hydrogens is 387 g/mol. The Morgan fingerprint density at radius 2 is 2.11 bits per heavy atom. The fraction of sp³-hybridized carbons (Fsp3) is 0.688. The third-order valence-corrected chi connectivity index (χ3v) is 5.17. The van der Waals surface area contributed by atoms with Gasteiger partial charge in [-0.15, -0.1) is 11.3 Å². The number of alkyl halides is 3. The molecule has 1 amide bonds. The van der Waals surface area contributed by atoms with Crippen molar-refractivity contribution in [2.24, 2.45) is 5.92 Å². The Morgan fingerprint density at radius 1 is 1.44 bits per heavy atom. The number of amides is 1. The molecule has 0 saturated carbocycles. The number of aromatic nitrogens is 1. The van der Waals surface area contributed by atoms with E-state index in [-0.39, 0.29) is 17.9 Å². The number of carboxylic acid groups (broad SMARTS) is 1. The summed E-state index contributed by atoms with van der Waals surface area (Å²) in [6.07, 6.45) is -4.13. The number of hydrogen-bond acceptors (Lipinski definition) is 6. The van der Waals surface area contributed by atoms with Crippen molar-refractivity contribution in [2.75, 3.05) is 33.3 Å². The van der Waals surface area contributed by atoms with Crippen LogP contribution in [0, 0.1) is 12.8 Å². The van der Waals surface area contributed by atoms with E-state index in [9.17, 15) is 18.0 Å². The van der Waals surface area contributed by atoms with E-state index in [0.717, 1.165) is 30.2 Å². The van der Waals surface area contributed by atoms with Crippen LogP contribution in [0.25, 0.3) is 0 Å². The van der Waals surface area contributed by atoms with Gasteiger partial charge in [-0.25, -0.2) is 9.78 Å². The van der Waals surface area contributed by atoms with E-state index >= 15 is 0 Å². The average molecular weight is 409 g/mol. The summed E-state index contributed by atoms with van der Waals surface area (Å²) in [4.78, 5) is 30.2. The van der Waals surface area contributed by atoms with Crippen LogP contribution in [0.15, 0.2) is 5.38 Å². The van der Waals surface area contributed by atoms with Gasteiger partial charge in [-0.3, -0.25) is 4.79 Å². The monoisotopic (exact) mass is 409 g/mol. The summed E-state index contributed by atoms with van der Waals surface area (Å²) in [5.74, 6) is -2.49. The third-order valence-electron chi connectivity index (χ3n) is 4.35. The predicted octanol–water partition coefficient (Wildman–Crippen LogP) is 1.76. The minimum absolute atomic E-state index is 0.0217. The molecule has 0 aliphatic carbocycles. The number of ether oxygens (including phenoxy) is 1. The summed E-state index contributed by atoms with van der Waals surface area (Å²) >= 11 is 1.64. The van der Waals surface area contributed by atoms with Crippen molar-refractivity contribution < 1.29 is 32.6 Å². The second-order valence-corrected chi connectivity index (χ2v) is 7.55. The second kappa shape index (κ2) is 8.98. The topological polar surface area (TPSA) is 83.0 Å². The Balaban J connectivity index is 0.000000321. The van der Waals surface area contributed by atoms with Gasteiger partial charge in [0.15, 0.2) is 0 Å². The molecule has 0 aromatic carbocycles. The van der Waals surface area contributed by atoms with E-state index in [1.807, 2.05) is 17.2 Å². The van der Waals surface area contributed by atoms with E-state index < -0.39 is 12.1 Å². The van der Waals surface area contributed by atoms with Gasteiger partial charge in [-0.1, -0.05) is 0 Å². The van der Waals surface area contributed by atoms with E-state index in [1.165, 1.54) is 0 Å². The van der Waals surface area contributed by atoms with Crippen LogP contribution in [0.2, 0.25) is 0 Å². The molecule has 0 radical (unpaired) electrons. The number of thiazole rings is 1. The summed E-state index contributed by atoms with van der Waals surface area (Å²) in [5, 5.41) is 10.2. The van der Waals surface area contributed by atoms with E-state index in [1.54, 1.807) is 11.3 Å².